The molecular formula is C21H17BrO3. The molecule has 0 bridgehead atoms. The molecule has 0 spiro atoms. The van der Waals surface area contributed by atoms with E-state index in [0.717, 1.165) is 15.8 Å². The van der Waals surface area contributed by atoms with Crippen LogP contribution >= 0.6 is 15.9 Å². The first-order chi connectivity index (χ1) is 12.1. The molecule has 1 heterocycles. The van der Waals surface area contributed by atoms with Crippen molar-refractivity contribution in [2.45, 2.75) is 13.5 Å². The van der Waals surface area contributed by atoms with Crippen molar-refractivity contribution in [3.05, 3.63) is 93.9 Å². The molecular weight excluding hydrogens is 380 g/mol. The maximum absolute atomic E-state index is 12.2. The van der Waals surface area contributed by atoms with Crippen molar-refractivity contribution >= 4 is 27.8 Å². The number of furan rings is 1. The first-order valence-corrected chi connectivity index (χ1v) is 8.65. The zero-order valence-electron chi connectivity index (χ0n) is 13.7. The van der Waals surface area contributed by atoms with Crippen molar-refractivity contribution in [3.63, 3.8) is 0 Å². The van der Waals surface area contributed by atoms with E-state index in [1.807, 2.05) is 61.5 Å². The van der Waals surface area contributed by atoms with Crippen molar-refractivity contribution in [1.29, 1.82) is 0 Å². The summed E-state index contributed by atoms with van der Waals surface area (Å²) in [5, 5.41) is 0. The van der Waals surface area contributed by atoms with E-state index in [0.29, 0.717) is 23.7 Å². The van der Waals surface area contributed by atoms with E-state index in [2.05, 4.69) is 15.9 Å². The average Bonchev–Trinajstić information content (AvgIpc) is 3.06. The smallest absolute Gasteiger partial charge is 0.185 e. The van der Waals surface area contributed by atoms with Crippen molar-refractivity contribution in [1.82, 2.24) is 0 Å². The van der Waals surface area contributed by atoms with Gasteiger partial charge >= 0.3 is 0 Å². The standard InChI is InChI=1S/C21H17BrO3/c1-15-4-2-5-16(12-15)21(23)11-10-18-8-9-20(25-18)14-24-19-7-3-6-17(22)13-19/h2-13H,14H2,1H3/b11-10+. The Morgan fingerprint density at radius 3 is 2.76 bits per heavy atom. The molecule has 0 amide bonds. The Balaban J connectivity index is 1.60. The van der Waals surface area contributed by atoms with Gasteiger partial charge in [0.05, 0.1) is 0 Å². The third-order valence-corrected chi connectivity index (χ3v) is 4.05. The van der Waals surface area contributed by atoms with E-state index in [1.54, 1.807) is 12.1 Å². The van der Waals surface area contributed by atoms with Crippen LogP contribution in [0.25, 0.3) is 6.08 Å². The number of halogens is 1. The molecule has 3 aromatic rings. The van der Waals surface area contributed by atoms with Gasteiger partial charge in [0.25, 0.3) is 0 Å². The van der Waals surface area contributed by atoms with Gasteiger partial charge in [-0.15, -0.1) is 0 Å². The van der Waals surface area contributed by atoms with Crippen LogP contribution in [0.3, 0.4) is 0 Å². The fourth-order valence-corrected chi connectivity index (χ4v) is 2.70. The lowest BCUT2D eigenvalue weighted by atomic mass is 10.1. The summed E-state index contributed by atoms with van der Waals surface area (Å²) in [7, 11) is 0. The van der Waals surface area contributed by atoms with E-state index in [4.69, 9.17) is 9.15 Å². The van der Waals surface area contributed by atoms with Gasteiger partial charge in [-0.25, -0.2) is 0 Å². The molecule has 0 saturated carbocycles. The fraction of sp³-hybridized carbons (Fsp3) is 0.0952. The lowest BCUT2D eigenvalue weighted by Crippen LogP contribution is -1.94. The molecule has 0 aliphatic heterocycles. The van der Waals surface area contributed by atoms with Crippen LogP contribution in [0.2, 0.25) is 0 Å². The highest BCUT2D eigenvalue weighted by Gasteiger charge is 2.04. The van der Waals surface area contributed by atoms with E-state index in [9.17, 15) is 4.79 Å². The van der Waals surface area contributed by atoms with Gasteiger partial charge in [0.2, 0.25) is 0 Å². The van der Waals surface area contributed by atoms with Gasteiger partial charge in [0, 0.05) is 10.0 Å². The predicted octanol–water partition coefficient (Wildman–Crippen LogP) is 5.83. The van der Waals surface area contributed by atoms with Crippen LogP contribution in [0.15, 0.2) is 75.6 Å². The van der Waals surface area contributed by atoms with Crippen molar-refractivity contribution in [2.75, 3.05) is 0 Å². The molecule has 0 fully saturated rings. The number of carbonyl (C=O) groups is 1. The molecule has 2 aromatic carbocycles. The fourth-order valence-electron chi connectivity index (χ4n) is 2.33. The summed E-state index contributed by atoms with van der Waals surface area (Å²) >= 11 is 3.41. The Morgan fingerprint density at radius 2 is 1.96 bits per heavy atom. The molecule has 25 heavy (non-hydrogen) atoms. The maximum Gasteiger partial charge on any atom is 0.185 e. The Morgan fingerprint density at radius 1 is 1.12 bits per heavy atom. The minimum absolute atomic E-state index is 0.0490. The van der Waals surface area contributed by atoms with Gasteiger partial charge < -0.3 is 9.15 Å². The second-order valence-electron chi connectivity index (χ2n) is 5.62. The lowest BCUT2D eigenvalue weighted by molar-refractivity contribution is 0.104. The minimum atomic E-state index is -0.0490. The highest BCUT2D eigenvalue weighted by Crippen LogP contribution is 2.20. The highest BCUT2D eigenvalue weighted by molar-refractivity contribution is 9.10. The average molecular weight is 397 g/mol. The number of hydrogen-bond acceptors (Lipinski definition) is 3. The topological polar surface area (TPSA) is 39.4 Å². The number of benzene rings is 2. The summed E-state index contributed by atoms with van der Waals surface area (Å²) in [5.41, 5.74) is 1.73. The zero-order chi connectivity index (χ0) is 17.6. The molecule has 126 valence electrons. The Bertz CT molecular complexity index is 909. The van der Waals surface area contributed by atoms with Crippen LogP contribution in [-0.2, 0) is 6.61 Å². The number of allylic oxidation sites excluding steroid dienone is 1. The van der Waals surface area contributed by atoms with E-state index in [-0.39, 0.29) is 5.78 Å². The summed E-state index contributed by atoms with van der Waals surface area (Å²) in [4.78, 5) is 12.2. The number of carbonyl (C=O) groups excluding carboxylic acids is 1. The normalized spacial score (nSPS) is 11.0. The number of hydrogen-bond donors (Lipinski definition) is 0. The Kier molecular flexibility index (Phi) is 5.51. The number of aryl methyl sites for hydroxylation is 1. The van der Waals surface area contributed by atoms with E-state index >= 15 is 0 Å². The molecule has 3 rings (SSSR count). The summed E-state index contributed by atoms with van der Waals surface area (Å²) in [6.07, 6.45) is 3.19. The number of rotatable bonds is 6. The van der Waals surface area contributed by atoms with Gasteiger partial charge in [0.15, 0.2) is 5.78 Å². The minimum Gasteiger partial charge on any atom is -0.486 e. The van der Waals surface area contributed by atoms with Crippen molar-refractivity contribution in [2.24, 2.45) is 0 Å². The molecule has 0 saturated heterocycles. The van der Waals surface area contributed by atoms with Gasteiger partial charge in [0.1, 0.15) is 23.9 Å². The van der Waals surface area contributed by atoms with Crippen molar-refractivity contribution < 1.29 is 13.9 Å². The Labute approximate surface area is 155 Å². The molecule has 1 aromatic heterocycles. The first kappa shape index (κ1) is 17.2. The third kappa shape index (κ3) is 4.94. The molecule has 0 aliphatic carbocycles. The maximum atomic E-state index is 12.2. The van der Waals surface area contributed by atoms with E-state index < -0.39 is 0 Å². The van der Waals surface area contributed by atoms with Crippen LogP contribution < -0.4 is 4.74 Å². The lowest BCUT2D eigenvalue weighted by Gasteiger charge is -2.04. The third-order valence-electron chi connectivity index (χ3n) is 3.56. The first-order valence-electron chi connectivity index (χ1n) is 7.86. The molecule has 0 N–H and O–H groups in total. The van der Waals surface area contributed by atoms with Crippen molar-refractivity contribution in [3.8, 4) is 5.75 Å². The summed E-state index contributed by atoms with van der Waals surface area (Å²) in [5.74, 6) is 2.03. The van der Waals surface area contributed by atoms with Crippen LogP contribution in [-0.4, -0.2) is 5.78 Å². The molecule has 0 unspecified atom stereocenters. The largest absolute Gasteiger partial charge is 0.486 e. The quantitative estimate of drug-likeness (QED) is 0.388. The van der Waals surface area contributed by atoms with Gasteiger partial charge in [-0.05, 0) is 55.5 Å². The monoisotopic (exact) mass is 396 g/mol. The Hall–Kier alpha value is -2.59. The number of ketones is 1. The SMILES string of the molecule is Cc1cccc(C(=O)/C=C/c2ccc(COc3cccc(Br)c3)o2)c1. The highest BCUT2D eigenvalue weighted by atomic mass is 79.9. The summed E-state index contributed by atoms with van der Waals surface area (Å²) < 4.78 is 12.3. The summed E-state index contributed by atoms with van der Waals surface area (Å²) in [6.45, 7) is 2.29. The second-order valence-corrected chi connectivity index (χ2v) is 6.53. The summed E-state index contributed by atoms with van der Waals surface area (Å²) in [6, 6.07) is 18.8. The molecule has 0 aliphatic rings. The number of ether oxygens (including phenoxy) is 1. The predicted molar refractivity (Wildman–Crippen MR) is 102 cm³/mol. The molecule has 3 nitrogen and oxygen atoms in total. The van der Waals surface area contributed by atoms with Gasteiger partial charge in [-0.2, -0.15) is 0 Å². The van der Waals surface area contributed by atoms with Crippen LogP contribution in [0.4, 0.5) is 0 Å². The van der Waals surface area contributed by atoms with Gasteiger partial charge in [-0.3, -0.25) is 4.79 Å². The molecule has 0 radical (unpaired) electrons. The molecule has 4 heteroatoms. The van der Waals surface area contributed by atoms with E-state index in [1.165, 1.54) is 6.08 Å². The van der Waals surface area contributed by atoms with Crippen LogP contribution in [0.5, 0.6) is 5.75 Å². The van der Waals surface area contributed by atoms with Crippen LogP contribution in [0, 0.1) is 6.92 Å². The zero-order valence-corrected chi connectivity index (χ0v) is 15.3. The van der Waals surface area contributed by atoms with Crippen LogP contribution in [0.1, 0.15) is 27.4 Å². The second kappa shape index (κ2) is 7.99. The molecule has 0 atom stereocenters. The van der Waals surface area contributed by atoms with Gasteiger partial charge in [-0.1, -0.05) is 45.8 Å².